The van der Waals surface area contributed by atoms with E-state index in [9.17, 15) is 18.0 Å². The van der Waals surface area contributed by atoms with E-state index in [-0.39, 0.29) is 11.9 Å². The maximum absolute atomic E-state index is 12.6. The number of anilines is 1. The van der Waals surface area contributed by atoms with Crippen molar-refractivity contribution in [2.45, 2.75) is 19.5 Å². The number of alkyl halides is 3. The van der Waals surface area contributed by atoms with Crippen LogP contribution in [0.4, 0.5) is 18.9 Å². The van der Waals surface area contributed by atoms with Crippen LogP contribution in [0.3, 0.4) is 0 Å². The predicted octanol–water partition coefficient (Wildman–Crippen LogP) is 2.49. The molecule has 0 unspecified atom stereocenters. The number of hydrogen-bond acceptors (Lipinski definition) is 4. The van der Waals surface area contributed by atoms with Crippen molar-refractivity contribution >= 4 is 11.7 Å². The molecule has 1 aliphatic heterocycles. The third-order valence-corrected chi connectivity index (χ3v) is 3.21. The second kappa shape index (κ2) is 5.68. The van der Waals surface area contributed by atoms with Gasteiger partial charge < -0.3 is 9.64 Å². The number of nitrogens with zero attached hydrogens (tertiary/aromatic N) is 2. The van der Waals surface area contributed by atoms with Crippen molar-refractivity contribution < 1.29 is 22.7 Å². The minimum Gasteiger partial charge on any atom is -0.466 e. The Hall–Kier alpha value is -1.79. The summed E-state index contributed by atoms with van der Waals surface area (Å²) >= 11 is 0. The van der Waals surface area contributed by atoms with E-state index in [2.05, 4.69) is 4.98 Å². The smallest absolute Gasteiger partial charge is 0.433 e. The van der Waals surface area contributed by atoms with Gasteiger partial charge in [0.15, 0.2) is 0 Å². The molecule has 1 atom stereocenters. The van der Waals surface area contributed by atoms with E-state index in [1.807, 2.05) is 0 Å². The first-order chi connectivity index (χ1) is 9.41. The summed E-state index contributed by atoms with van der Waals surface area (Å²) in [5.74, 6) is -0.572. The first kappa shape index (κ1) is 14.6. The first-order valence-electron chi connectivity index (χ1n) is 6.36. The highest BCUT2D eigenvalue weighted by Gasteiger charge is 2.34. The Balaban J connectivity index is 2.09. The van der Waals surface area contributed by atoms with E-state index in [4.69, 9.17) is 4.74 Å². The second-order valence-electron chi connectivity index (χ2n) is 4.58. The lowest BCUT2D eigenvalue weighted by atomic mass is 10.1. The number of pyridine rings is 1. The average molecular weight is 288 g/mol. The van der Waals surface area contributed by atoms with Gasteiger partial charge in [0.2, 0.25) is 0 Å². The molecule has 20 heavy (non-hydrogen) atoms. The lowest BCUT2D eigenvalue weighted by molar-refractivity contribution is -0.147. The van der Waals surface area contributed by atoms with E-state index in [0.29, 0.717) is 31.8 Å². The van der Waals surface area contributed by atoms with Crippen molar-refractivity contribution in [3.8, 4) is 0 Å². The van der Waals surface area contributed by atoms with Crippen LogP contribution in [0.15, 0.2) is 18.3 Å². The number of carbonyl (C=O) groups excluding carboxylic acids is 1. The van der Waals surface area contributed by atoms with Gasteiger partial charge in [0, 0.05) is 25.0 Å². The lowest BCUT2D eigenvalue weighted by Crippen LogP contribution is -2.24. The minimum absolute atomic E-state index is 0.280. The zero-order valence-corrected chi connectivity index (χ0v) is 11.0. The van der Waals surface area contributed by atoms with Gasteiger partial charge in [0.1, 0.15) is 5.69 Å². The Morgan fingerprint density at radius 1 is 1.55 bits per heavy atom. The van der Waals surface area contributed by atoms with Crippen molar-refractivity contribution in [1.82, 2.24) is 4.98 Å². The van der Waals surface area contributed by atoms with Crippen molar-refractivity contribution in [2.24, 2.45) is 5.92 Å². The summed E-state index contributed by atoms with van der Waals surface area (Å²) in [6, 6.07) is 2.52. The van der Waals surface area contributed by atoms with Crippen LogP contribution >= 0.6 is 0 Å². The largest absolute Gasteiger partial charge is 0.466 e. The highest BCUT2D eigenvalue weighted by Crippen LogP contribution is 2.31. The summed E-state index contributed by atoms with van der Waals surface area (Å²) < 4.78 is 42.7. The Morgan fingerprint density at radius 3 is 2.95 bits per heavy atom. The molecule has 4 nitrogen and oxygen atoms in total. The Labute approximate surface area is 114 Å². The molecule has 0 bridgehead atoms. The molecule has 1 saturated heterocycles. The van der Waals surface area contributed by atoms with Crippen molar-refractivity contribution in [1.29, 1.82) is 0 Å². The van der Waals surface area contributed by atoms with Crippen LogP contribution in [0, 0.1) is 5.92 Å². The number of hydrogen-bond donors (Lipinski definition) is 0. The fourth-order valence-electron chi connectivity index (χ4n) is 2.22. The lowest BCUT2D eigenvalue weighted by Gasteiger charge is -2.19. The normalized spacial score (nSPS) is 19.2. The molecule has 1 aromatic rings. The third kappa shape index (κ3) is 3.20. The van der Waals surface area contributed by atoms with Crippen LogP contribution < -0.4 is 4.90 Å². The summed E-state index contributed by atoms with van der Waals surface area (Å²) in [7, 11) is 0. The van der Waals surface area contributed by atoms with Gasteiger partial charge >= 0.3 is 12.1 Å². The molecule has 0 spiro atoms. The summed E-state index contributed by atoms with van der Waals surface area (Å²) in [6.45, 7) is 2.94. The summed E-state index contributed by atoms with van der Waals surface area (Å²) in [4.78, 5) is 16.7. The van der Waals surface area contributed by atoms with E-state index in [1.165, 1.54) is 6.07 Å². The number of carbonyl (C=O) groups is 1. The quantitative estimate of drug-likeness (QED) is 0.801. The van der Waals surface area contributed by atoms with Gasteiger partial charge in [-0.05, 0) is 25.5 Å². The van der Waals surface area contributed by atoms with Crippen LogP contribution in [0.1, 0.15) is 19.0 Å². The van der Waals surface area contributed by atoms with Crippen LogP contribution in [-0.2, 0) is 15.7 Å². The first-order valence-corrected chi connectivity index (χ1v) is 6.36. The summed E-state index contributed by atoms with van der Waals surface area (Å²) in [5.41, 5.74) is -0.492. The highest BCUT2D eigenvalue weighted by atomic mass is 19.4. The number of halogens is 3. The second-order valence-corrected chi connectivity index (χ2v) is 4.58. The number of aromatic nitrogens is 1. The molecule has 7 heteroatoms. The fourth-order valence-corrected chi connectivity index (χ4v) is 2.22. The molecule has 0 amide bonds. The molecular weight excluding hydrogens is 273 g/mol. The van der Waals surface area contributed by atoms with Crippen LogP contribution in [0.25, 0.3) is 0 Å². The van der Waals surface area contributed by atoms with Crippen LogP contribution in [0.5, 0.6) is 0 Å². The molecule has 110 valence electrons. The summed E-state index contributed by atoms with van der Waals surface area (Å²) in [6.07, 6.45) is -2.74. The average Bonchev–Trinajstić information content (AvgIpc) is 2.88. The van der Waals surface area contributed by atoms with Crippen molar-refractivity contribution in [3.05, 3.63) is 24.0 Å². The van der Waals surface area contributed by atoms with Gasteiger partial charge in [-0.25, -0.2) is 0 Å². The maximum atomic E-state index is 12.6. The molecule has 1 aliphatic rings. The van der Waals surface area contributed by atoms with E-state index >= 15 is 0 Å². The monoisotopic (exact) mass is 288 g/mol. The molecule has 2 rings (SSSR count). The van der Waals surface area contributed by atoms with E-state index < -0.39 is 11.9 Å². The highest BCUT2D eigenvalue weighted by molar-refractivity contribution is 5.74. The molecule has 1 fully saturated rings. The van der Waals surface area contributed by atoms with Gasteiger partial charge in [0.25, 0.3) is 0 Å². The van der Waals surface area contributed by atoms with Gasteiger partial charge in [-0.3, -0.25) is 9.78 Å². The van der Waals surface area contributed by atoms with Gasteiger partial charge in [-0.1, -0.05) is 0 Å². The van der Waals surface area contributed by atoms with Gasteiger partial charge in [-0.15, -0.1) is 0 Å². The Morgan fingerprint density at radius 2 is 2.30 bits per heavy atom. The number of ether oxygens (including phenoxy) is 1. The SMILES string of the molecule is CCOC(=O)[C@@H]1CCN(c2ccnc(C(F)(F)F)c2)C1. The molecular formula is C13H15F3N2O2. The number of esters is 1. The van der Waals surface area contributed by atoms with Crippen molar-refractivity contribution in [2.75, 3.05) is 24.6 Å². The molecule has 2 heterocycles. The molecule has 0 radical (unpaired) electrons. The Bertz CT molecular complexity index is 491. The predicted molar refractivity (Wildman–Crippen MR) is 66.2 cm³/mol. The van der Waals surface area contributed by atoms with Crippen LogP contribution in [-0.4, -0.2) is 30.6 Å². The van der Waals surface area contributed by atoms with Gasteiger partial charge in [0.05, 0.1) is 12.5 Å². The van der Waals surface area contributed by atoms with Crippen LogP contribution in [0.2, 0.25) is 0 Å². The fraction of sp³-hybridized carbons (Fsp3) is 0.538. The molecule has 0 aliphatic carbocycles. The van der Waals surface area contributed by atoms with Gasteiger partial charge in [-0.2, -0.15) is 13.2 Å². The summed E-state index contributed by atoms with van der Waals surface area (Å²) in [5, 5.41) is 0. The zero-order chi connectivity index (χ0) is 14.8. The maximum Gasteiger partial charge on any atom is 0.433 e. The third-order valence-electron chi connectivity index (χ3n) is 3.21. The van der Waals surface area contributed by atoms with Crippen molar-refractivity contribution in [3.63, 3.8) is 0 Å². The van der Waals surface area contributed by atoms with E-state index in [0.717, 1.165) is 12.3 Å². The topological polar surface area (TPSA) is 42.4 Å². The molecule has 0 aromatic carbocycles. The van der Waals surface area contributed by atoms with E-state index in [1.54, 1.807) is 11.8 Å². The Kier molecular flexibility index (Phi) is 4.15. The zero-order valence-electron chi connectivity index (χ0n) is 11.0. The standard InChI is InChI=1S/C13H15F3N2O2/c1-2-20-12(19)9-4-6-18(8-9)10-3-5-17-11(7-10)13(14,15)16/h3,5,7,9H,2,4,6,8H2,1H3/t9-/m1/s1. The molecule has 1 aromatic heterocycles. The number of rotatable bonds is 3. The minimum atomic E-state index is -4.46. The molecule has 0 saturated carbocycles. The molecule has 0 N–H and O–H groups in total.